The average Bonchev–Trinajstić information content (AvgIpc) is 2.68. The van der Waals surface area contributed by atoms with Crippen LogP contribution in [0.5, 0.6) is 5.75 Å². The molecule has 0 saturated carbocycles. The van der Waals surface area contributed by atoms with E-state index in [2.05, 4.69) is 15.9 Å². The Bertz CT molecular complexity index is 908. The van der Waals surface area contributed by atoms with E-state index in [4.69, 9.17) is 9.47 Å². The predicted molar refractivity (Wildman–Crippen MR) is 103 cm³/mol. The van der Waals surface area contributed by atoms with Gasteiger partial charge in [0.1, 0.15) is 12.4 Å². The Morgan fingerprint density at radius 2 is 1.88 bits per heavy atom. The predicted octanol–water partition coefficient (Wildman–Crippen LogP) is 4.60. The molecule has 2 aromatic carbocycles. The summed E-state index contributed by atoms with van der Waals surface area (Å²) in [5.41, 5.74) is 2.04. The van der Waals surface area contributed by atoms with Crippen LogP contribution in [-0.2, 0) is 11.3 Å². The standard InChI is InChI=1S/C21H21BrNO3/c22-20-19-7-6-18(26-14-15-4-2-1-3-5-15)12-17(19)13-23(24)21(20)16-8-10-25-11-9-16/h1-7,12-13,16,24H,8-11,14H2/q+1. The van der Waals surface area contributed by atoms with Gasteiger partial charge in [0.15, 0.2) is 0 Å². The molecular formula is C21H21BrNO3+. The highest BCUT2D eigenvalue weighted by Crippen LogP contribution is 2.35. The van der Waals surface area contributed by atoms with E-state index in [9.17, 15) is 5.21 Å². The first-order chi connectivity index (χ1) is 12.7. The second-order valence-corrected chi connectivity index (χ2v) is 7.38. The van der Waals surface area contributed by atoms with Crippen molar-refractivity contribution in [3.8, 4) is 5.75 Å². The van der Waals surface area contributed by atoms with Gasteiger partial charge in [-0.3, -0.25) is 5.21 Å². The molecule has 0 unspecified atom stereocenters. The molecule has 1 aromatic heterocycles. The molecule has 4 rings (SSSR count). The minimum absolute atomic E-state index is 0.293. The van der Waals surface area contributed by atoms with Gasteiger partial charge in [0, 0.05) is 23.3 Å². The number of pyridine rings is 1. The molecule has 134 valence electrons. The molecule has 0 bridgehead atoms. The summed E-state index contributed by atoms with van der Waals surface area (Å²) in [5, 5.41) is 12.5. The van der Waals surface area contributed by atoms with Crippen LogP contribution in [0, 0.1) is 0 Å². The van der Waals surface area contributed by atoms with E-state index in [0.717, 1.165) is 58.3 Å². The van der Waals surface area contributed by atoms with Crippen LogP contribution in [0.4, 0.5) is 0 Å². The molecule has 1 fully saturated rings. The van der Waals surface area contributed by atoms with E-state index in [-0.39, 0.29) is 0 Å². The van der Waals surface area contributed by atoms with E-state index in [1.165, 1.54) is 4.73 Å². The van der Waals surface area contributed by atoms with Crippen molar-refractivity contribution in [3.05, 3.63) is 70.5 Å². The quantitative estimate of drug-likeness (QED) is 0.500. The highest BCUT2D eigenvalue weighted by atomic mass is 79.9. The zero-order valence-corrected chi connectivity index (χ0v) is 16.0. The molecule has 3 aromatic rings. The summed E-state index contributed by atoms with van der Waals surface area (Å²) in [6.07, 6.45) is 3.60. The summed E-state index contributed by atoms with van der Waals surface area (Å²) in [4.78, 5) is 0. The van der Waals surface area contributed by atoms with Crippen LogP contribution in [0.2, 0.25) is 0 Å². The summed E-state index contributed by atoms with van der Waals surface area (Å²) < 4.78 is 13.5. The van der Waals surface area contributed by atoms with E-state index in [0.29, 0.717) is 12.5 Å². The maximum absolute atomic E-state index is 10.5. The molecule has 1 saturated heterocycles. The van der Waals surface area contributed by atoms with Gasteiger partial charge in [-0.15, -0.1) is 0 Å². The lowest BCUT2D eigenvalue weighted by Crippen LogP contribution is -2.38. The number of rotatable bonds is 4. The summed E-state index contributed by atoms with van der Waals surface area (Å²) in [6.45, 7) is 2.00. The molecule has 0 atom stereocenters. The fraction of sp³-hybridized carbons (Fsp3) is 0.286. The average molecular weight is 415 g/mol. The number of halogens is 1. The zero-order valence-electron chi connectivity index (χ0n) is 14.4. The number of hydrogen-bond acceptors (Lipinski definition) is 3. The van der Waals surface area contributed by atoms with Gasteiger partial charge in [0.05, 0.1) is 15.8 Å². The van der Waals surface area contributed by atoms with Gasteiger partial charge in [-0.2, -0.15) is 0 Å². The lowest BCUT2D eigenvalue weighted by molar-refractivity contribution is -0.910. The number of ether oxygens (including phenoxy) is 2. The molecule has 0 aliphatic carbocycles. The second-order valence-electron chi connectivity index (χ2n) is 6.58. The third kappa shape index (κ3) is 3.55. The topological polar surface area (TPSA) is 42.6 Å². The maximum Gasteiger partial charge on any atom is 0.252 e. The fourth-order valence-electron chi connectivity index (χ4n) is 3.46. The Balaban J connectivity index is 1.62. The minimum atomic E-state index is 0.293. The summed E-state index contributed by atoms with van der Waals surface area (Å²) in [7, 11) is 0. The Labute approximate surface area is 161 Å². The monoisotopic (exact) mass is 414 g/mol. The molecule has 0 amide bonds. The summed E-state index contributed by atoms with van der Waals surface area (Å²) in [5.74, 6) is 1.08. The van der Waals surface area contributed by atoms with Crippen LogP contribution in [0.1, 0.15) is 30.0 Å². The molecule has 4 nitrogen and oxygen atoms in total. The first kappa shape index (κ1) is 17.3. The van der Waals surface area contributed by atoms with E-state index in [1.807, 2.05) is 48.5 Å². The summed E-state index contributed by atoms with van der Waals surface area (Å²) >= 11 is 3.71. The molecule has 0 spiro atoms. The van der Waals surface area contributed by atoms with Crippen molar-refractivity contribution in [1.29, 1.82) is 0 Å². The molecular weight excluding hydrogens is 394 g/mol. The molecule has 26 heavy (non-hydrogen) atoms. The number of fused-ring (bicyclic) bond motifs is 1. The van der Waals surface area contributed by atoms with Crippen molar-refractivity contribution in [2.45, 2.75) is 25.4 Å². The van der Waals surface area contributed by atoms with Crippen molar-refractivity contribution in [1.82, 2.24) is 0 Å². The van der Waals surface area contributed by atoms with E-state index in [1.54, 1.807) is 6.20 Å². The molecule has 0 radical (unpaired) electrons. The SMILES string of the molecule is O[n+]1cc2cc(OCc3ccccc3)ccc2c(Br)c1C1CCOCC1. The van der Waals surface area contributed by atoms with Crippen LogP contribution < -0.4 is 9.47 Å². The normalized spacial score (nSPS) is 15.3. The lowest BCUT2D eigenvalue weighted by Gasteiger charge is -2.20. The third-order valence-corrected chi connectivity index (χ3v) is 5.68. The van der Waals surface area contributed by atoms with E-state index >= 15 is 0 Å². The first-order valence-corrected chi connectivity index (χ1v) is 9.63. The van der Waals surface area contributed by atoms with Crippen molar-refractivity contribution < 1.29 is 19.4 Å². The Morgan fingerprint density at radius 1 is 1.12 bits per heavy atom. The van der Waals surface area contributed by atoms with Crippen LogP contribution in [0.3, 0.4) is 0 Å². The third-order valence-electron chi connectivity index (χ3n) is 4.85. The van der Waals surface area contributed by atoms with Crippen LogP contribution in [0.25, 0.3) is 10.8 Å². The largest absolute Gasteiger partial charge is 0.489 e. The Kier molecular flexibility index (Phi) is 5.09. The smallest absolute Gasteiger partial charge is 0.252 e. The van der Waals surface area contributed by atoms with Crippen LogP contribution >= 0.6 is 15.9 Å². The minimum Gasteiger partial charge on any atom is -0.489 e. The van der Waals surface area contributed by atoms with Gasteiger partial charge in [-0.1, -0.05) is 30.3 Å². The lowest BCUT2D eigenvalue weighted by atomic mass is 9.94. The molecule has 1 N–H and O–H groups in total. The Morgan fingerprint density at radius 3 is 2.65 bits per heavy atom. The number of benzene rings is 2. The summed E-state index contributed by atoms with van der Waals surface area (Å²) in [6, 6.07) is 16.1. The number of nitrogens with zero attached hydrogens (tertiary/aromatic N) is 1. The van der Waals surface area contributed by atoms with Crippen LogP contribution in [-0.4, -0.2) is 18.4 Å². The first-order valence-electron chi connectivity index (χ1n) is 8.84. The molecule has 1 aliphatic heterocycles. The zero-order chi connectivity index (χ0) is 17.9. The van der Waals surface area contributed by atoms with Gasteiger partial charge in [-0.25, -0.2) is 0 Å². The second kappa shape index (κ2) is 7.64. The molecule has 5 heteroatoms. The van der Waals surface area contributed by atoms with Gasteiger partial charge in [-0.05, 0) is 52.5 Å². The number of hydrogen-bond donors (Lipinski definition) is 1. The van der Waals surface area contributed by atoms with Crippen molar-refractivity contribution in [2.75, 3.05) is 13.2 Å². The van der Waals surface area contributed by atoms with Gasteiger partial charge in [0.25, 0.3) is 5.69 Å². The van der Waals surface area contributed by atoms with Crippen molar-refractivity contribution in [3.63, 3.8) is 0 Å². The fourth-order valence-corrected chi connectivity index (χ4v) is 4.32. The highest BCUT2D eigenvalue weighted by Gasteiger charge is 2.30. The van der Waals surface area contributed by atoms with Gasteiger partial charge < -0.3 is 9.47 Å². The van der Waals surface area contributed by atoms with Gasteiger partial charge in [0.2, 0.25) is 6.20 Å². The van der Waals surface area contributed by atoms with E-state index < -0.39 is 0 Å². The highest BCUT2D eigenvalue weighted by molar-refractivity contribution is 9.10. The van der Waals surface area contributed by atoms with Gasteiger partial charge >= 0.3 is 0 Å². The molecule has 1 aliphatic rings. The van der Waals surface area contributed by atoms with Crippen molar-refractivity contribution >= 4 is 26.7 Å². The molecule has 2 heterocycles. The maximum atomic E-state index is 10.5. The number of aromatic nitrogens is 1. The van der Waals surface area contributed by atoms with Crippen LogP contribution in [0.15, 0.2) is 59.2 Å². The van der Waals surface area contributed by atoms with Crippen molar-refractivity contribution in [2.24, 2.45) is 0 Å². The Hall–Kier alpha value is -2.11.